The monoisotopic (exact) mass is 225 g/mol. The van der Waals surface area contributed by atoms with Gasteiger partial charge in [-0.15, -0.1) is 0 Å². The molecule has 0 aliphatic rings. The maximum atomic E-state index is 10.7. The third kappa shape index (κ3) is 1.82. The lowest BCUT2D eigenvalue weighted by atomic mass is 10.1. The van der Waals surface area contributed by atoms with Gasteiger partial charge in [-0.25, -0.2) is 0 Å². The highest BCUT2D eigenvalue weighted by molar-refractivity contribution is 6.29. The predicted molar refractivity (Wildman–Crippen MR) is 55.8 cm³/mol. The molecule has 2 rings (SSSR count). The van der Waals surface area contributed by atoms with Crippen LogP contribution < -0.4 is 5.73 Å². The van der Waals surface area contributed by atoms with Crippen LogP contribution in [-0.4, -0.2) is 11.1 Å². The summed E-state index contributed by atoms with van der Waals surface area (Å²) in [5, 5.41) is 9.82. The van der Waals surface area contributed by atoms with E-state index in [9.17, 15) is 4.79 Å². The average molecular weight is 226 g/mol. The quantitative estimate of drug-likeness (QED) is 0.821. The first-order chi connectivity index (χ1) is 7.08. The van der Waals surface area contributed by atoms with E-state index >= 15 is 0 Å². The second-order valence-electron chi connectivity index (χ2n) is 3.16. The van der Waals surface area contributed by atoms with Gasteiger partial charge in [0.05, 0.1) is 0 Å². The molecule has 0 spiro atoms. The Morgan fingerprint density at radius 3 is 2.87 bits per heavy atom. The van der Waals surface area contributed by atoms with Crippen molar-refractivity contribution >= 4 is 28.5 Å². The molecular weight excluding hydrogens is 218 g/mol. The standard InChI is InChI=1S/C10H8ClNO3/c11-8-4-5-1-2-6(3-7(5)15-8)9(12)10(13)14/h1-4,9H,12H2,(H,13,14). The van der Waals surface area contributed by atoms with Crippen LogP contribution in [0.2, 0.25) is 5.22 Å². The fraction of sp³-hybridized carbons (Fsp3) is 0.100. The normalized spacial score (nSPS) is 12.9. The first-order valence-corrected chi connectivity index (χ1v) is 4.63. The molecule has 0 saturated heterocycles. The molecule has 2 aromatic rings. The van der Waals surface area contributed by atoms with E-state index in [1.807, 2.05) is 0 Å². The first kappa shape index (κ1) is 10.0. The first-order valence-electron chi connectivity index (χ1n) is 4.25. The SMILES string of the molecule is NC(C(=O)O)c1ccc2cc(Cl)oc2c1. The number of rotatable bonds is 2. The molecule has 1 atom stereocenters. The molecule has 0 saturated carbocycles. The number of hydrogen-bond acceptors (Lipinski definition) is 3. The molecule has 3 N–H and O–H groups in total. The molecule has 0 radical (unpaired) electrons. The van der Waals surface area contributed by atoms with Crippen molar-refractivity contribution in [2.45, 2.75) is 6.04 Å². The van der Waals surface area contributed by atoms with Crippen LogP contribution in [0.5, 0.6) is 0 Å². The maximum Gasteiger partial charge on any atom is 0.325 e. The molecule has 0 aliphatic heterocycles. The Morgan fingerprint density at radius 2 is 2.20 bits per heavy atom. The Morgan fingerprint density at radius 1 is 1.47 bits per heavy atom. The molecule has 15 heavy (non-hydrogen) atoms. The van der Waals surface area contributed by atoms with Gasteiger partial charge in [-0.3, -0.25) is 4.79 Å². The van der Waals surface area contributed by atoms with E-state index in [2.05, 4.69) is 0 Å². The summed E-state index contributed by atoms with van der Waals surface area (Å²) in [7, 11) is 0. The van der Waals surface area contributed by atoms with Crippen molar-refractivity contribution < 1.29 is 14.3 Å². The summed E-state index contributed by atoms with van der Waals surface area (Å²) in [5.74, 6) is -1.08. The zero-order chi connectivity index (χ0) is 11.0. The minimum atomic E-state index is -1.08. The molecule has 78 valence electrons. The van der Waals surface area contributed by atoms with Crippen LogP contribution in [0.3, 0.4) is 0 Å². The summed E-state index contributed by atoms with van der Waals surface area (Å²) in [5.41, 5.74) is 6.48. The number of fused-ring (bicyclic) bond motifs is 1. The third-order valence-electron chi connectivity index (χ3n) is 2.14. The van der Waals surface area contributed by atoms with Crippen molar-refractivity contribution in [3.8, 4) is 0 Å². The zero-order valence-corrected chi connectivity index (χ0v) is 8.36. The van der Waals surface area contributed by atoms with Crippen LogP contribution in [0.25, 0.3) is 11.0 Å². The van der Waals surface area contributed by atoms with Gasteiger partial charge in [0.15, 0.2) is 5.22 Å². The zero-order valence-electron chi connectivity index (χ0n) is 7.61. The van der Waals surface area contributed by atoms with Gasteiger partial charge in [0.2, 0.25) is 0 Å². The highest BCUT2D eigenvalue weighted by Gasteiger charge is 2.15. The van der Waals surface area contributed by atoms with Crippen LogP contribution in [0.15, 0.2) is 28.7 Å². The molecule has 0 fully saturated rings. The lowest BCUT2D eigenvalue weighted by Gasteiger charge is -2.05. The maximum absolute atomic E-state index is 10.7. The molecule has 0 aliphatic carbocycles. The number of halogens is 1. The summed E-state index contributed by atoms with van der Waals surface area (Å²) in [4.78, 5) is 10.7. The van der Waals surface area contributed by atoms with Gasteiger partial charge in [0.1, 0.15) is 11.6 Å². The molecule has 0 bridgehead atoms. The second-order valence-corrected chi connectivity index (χ2v) is 3.54. The van der Waals surface area contributed by atoms with Gasteiger partial charge in [0, 0.05) is 11.5 Å². The van der Waals surface area contributed by atoms with Crippen molar-refractivity contribution in [3.05, 3.63) is 35.0 Å². The van der Waals surface area contributed by atoms with Crippen LogP contribution in [0.1, 0.15) is 11.6 Å². The minimum absolute atomic E-state index is 0.269. The smallest absolute Gasteiger partial charge is 0.325 e. The molecular formula is C10H8ClNO3. The summed E-state index contributed by atoms with van der Waals surface area (Å²) in [6, 6.07) is 5.57. The fourth-order valence-electron chi connectivity index (χ4n) is 1.35. The van der Waals surface area contributed by atoms with Crippen molar-refractivity contribution in [2.75, 3.05) is 0 Å². The van der Waals surface area contributed by atoms with E-state index in [-0.39, 0.29) is 5.22 Å². The number of carbonyl (C=O) groups is 1. The van der Waals surface area contributed by atoms with Crippen LogP contribution in [0, 0.1) is 0 Å². The van der Waals surface area contributed by atoms with Crippen molar-refractivity contribution in [1.82, 2.24) is 0 Å². The average Bonchev–Trinajstić information content (AvgIpc) is 2.55. The predicted octanol–water partition coefficient (Wildman–Crippen LogP) is 2.17. The van der Waals surface area contributed by atoms with Gasteiger partial charge in [0.25, 0.3) is 0 Å². The lowest BCUT2D eigenvalue weighted by Crippen LogP contribution is -2.20. The van der Waals surface area contributed by atoms with E-state index in [0.717, 1.165) is 5.39 Å². The highest BCUT2D eigenvalue weighted by atomic mass is 35.5. The number of nitrogens with two attached hydrogens (primary N) is 1. The number of hydrogen-bond donors (Lipinski definition) is 2. The Labute approximate surface area is 90.2 Å². The highest BCUT2D eigenvalue weighted by Crippen LogP contribution is 2.25. The number of carboxylic acids is 1. The molecule has 1 aromatic carbocycles. The Hall–Kier alpha value is -1.52. The molecule has 5 heteroatoms. The molecule has 4 nitrogen and oxygen atoms in total. The van der Waals surface area contributed by atoms with Gasteiger partial charge >= 0.3 is 5.97 Å². The summed E-state index contributed by atoms with van der Waals surface area (Å²) in [6.07, 6.45) is 0. The largest absolute Gasteiger partial charge is 0.480 e. The van der Waals surface area contributed by atoms with E-state index in [1.54, 1.807) is 24.3 Å². The topological polar surface area (TPSA) is 76.5 Å². The summed E-state index contributed by atoms with van der Waals surface area (Å²) < 4.78 is 5.16. The summed E-state index contributed by atoms with van der Waals surface area (Å²) >= 11 is 5.66. The van der Waals surface area contributed by atoms with E-state index in [4.69, 9.17) is 26.9 Å². The number of carboxylic acid groups (broad SMARTS) is 1. The van der Waals surface area contributed by atoms with Crippen LogP contribution in [0.4, 0.5) is 0 Å². The van der Waals surface area contributed by atoms with Crippen LogP contribution in [-0.2, 0) is 4.79 Å². The van der Waals surface area contributed by atoms with E-state index in [0.29, 0.717) is 11.1 Å². The Bertz CT molecular complexity index is 520. The number of aliphatic carboxylic acids is 1. The van der Waals surface area contributed by atoms with Gasteiger partial charge < -0.3 is 15.3 Å². The molecule has 1 aromatic heterocycles. The van der Waals surface area contributed by atoms with Crippen molar-refractivity contribution in [1.29, 1.82) is 0 Å². The van der Waals surface area contributed by atoms with Crippen LogP contribution >= 0.6 is 11.6 Å². The third-order valence-corrected chi connectivity index (χ3v) is 2.33. The molecule has 1 heterocycles. The Kier molecular flexibility index (Phi) is 2.38. The number of benzene rings is 1. The number of furan rings is 1. The van der Waals surface area contributed by atoms with E-state index < -0.39 is 12.0 Å². The van der Waals surface area contributed by atoms with Gasteiger partial charge in [-0.2, -0.15) is 0 Å². The second kappa shape index (κ2) is 3.56. The van der Waals surface area contributed by atoms with E-state index in [1.165, 1.54) is 0 Å². The Balaban J connectivity index is 2.50. The summed E-state index contributed by atoms with van der Waals surface area (Å²) in [6.45, 7) is 0. The van der Waals surface area contributed by atoms with Crippen molar-refractivity contribution in [3.63, 3.8) is 0 Å². The molecule has 0 amide bonds. The molecule has 1 unspecified atom stereocenters. The minimum Gasteiger partial charge on any atom is -0.480 e. The van der Waals surface area contributed by atoms with Gasteiger partial charge in [-0.1, -0.05) is 12.1 Å². The van der Waals surface area contributed by atoms with Gasteiger partial charge in [-0.05, 0) is 23.2 Å². The van der Waals surface area contributed by atoms with Crippen molar-refractivity contribution in [2.24, 2.45) is 5.73 Å². The fourth-order valence-corrected chi connectivity index (χ4v) is 1.55. The lowest BCUT2D eigenvalue weighted by molar-refractivity contribution is -0.138.